The summed E-state index contributed by atoms with van der Waals surface area (Å²) in [7, 11) is -2.87. The van der Waals surface area contributed by atoms with Crippen LogP contribution >= 0.6 is 0 Å². The summed E-state index contributed by atoms with van der Waals surface area (Å²) >= 11 is 0. The third-order valence-electron chi connectivity index (χ3n) is 4.40. The lowest BCUT2D eigenvalue weighted by atomic mass is 9.89. The molecule has 0 amide bonds. The van der Waals surface area contributed by atoms with Crippen LogP contribution in [0, 0.1) is 5.92 Å². The lowest BCUT2D eigenvalue weighted by Crippen LogP contribution is -2.42. The Balaban J connectivity index is 1.81. The molecule has 0 aromatic rings. The van der Waals surface area contributed by atoms with E-state index < -0.39 is 9.84 Å². The van der Waals surface area contributed by atoms with Crippen LogP contribution in [0.2, 0.25) is 0 Å². The first-order valence-electron chi connectivity index (χ1n) is 6.99. The van der Waals surface area contributed by atoms with Gasteiger partial charge in [-0.1, -0.05) is 25.7 Å². The minimum absolute atomic E-state index is 0.133. The van der Waals surface area contributed by atoms with Crippen LogP contribution in [0.3, 0.4) is 0 Å². The van der Waals surface area contributed by atoms with Crippen molar-refractivity contribution in [2.45, 2.75) is 62.7 Å². The van der Waals surface area contributed by atoms with Gasteiger partial charge in [-0.15, -0.1) is 0 Å². The van der Waals surface area contributed by atoms with Gasteiger partial charge in [-0.3, -0.25) is 0 Å². The molecule has 2 aliphatic carbocycles. The highest BCUT2D eigenvalue weighted by atomic mass is 32.2. The second kappa shape index (κ2) is 5.70. The zero-order chi connectivity index (χ0) is 12.3. The van der Waals surface area contributed by atoms with Gasteiger partial charge in [0, 0.05) is 12.3 Å². The van der Waals surface area contributed by atoms with E-state index in [9.17, 15) is 8.42 Å². The Labute approximate surface area is 105 Å². The summed E-state index contributed by atoms with van der Waals surface area (Å²) in [5, 5.41) is 3.40. The zero-order valence-electron chi connectivity index (χ0n) is 10.8. The number of rotatable bonds is 4. The van der Waals surface area contributed by atoms with Crippen molar-refractivity contribution in [2.24, 2.45) is 5.92 Å². The van der Waals surface area contributed by atoms with E-state index in [0.29, 0.717) is 0 Å². The van der Waals surface area contributed by atoms with E-state index in [1.165, 1.54) is 38.4 Å². The summed E-state index contributed by atoms with van der Waals surface area (Å²) in [5.74, 6) is 0.782. The van der Waals surface area contributed by atoms with E-state index in [1.54, 1.807) is 0 Å². The molecule has 2 rings (SSSR count). The van der Waals surface area contributed by atoms with Gasteiger partial charge in [0.2, 0.25) is 0 Å². The van der Waals surface area contributed by atoms with Crippen molar-refractivity contribution in [1.82, 2.24) is 5.32 Å². The highest BCUT2D eigenvalue weighted by Gasteiger charge is 2.34. The van der Waals surface area contributed by atoms with E-state index in [0.717, 1.165) is 31.7 Å². The Morgan fingerprint density at radius 3 is 2.35 bits per heavy atom. The van der Waals surface area contributed by atoms with Gasteiger partial charge in [0.15, 0.2) is 9.84 Å². The molecule has 2 unspecified atom stereocenters. The summed E-state index contributed by atoms with van der Waals surface area (Å²) in [4.78, 5) is 0. The Bertz CT molecular complexity index is 333. The summed E-state index contributed by atoms with van der Waals surface area (Å²) in [6.45, 7) is 1.02. The van der Waals surface area contributed by atoms with E-state index >= 15 is 0 Å². The van der Waals surface area contributed by atoms with Gasteiger partial charge in [-0.05, 0) is 38.1 Å². The van der Waals surface area contributed by atoms with Crippen LogP contribution in [0.25, 0.3) is 0 Å². The molecule has 0 bridgehead atoms. The number of hydrogen-bond donors (Lipinski definition) is 1. The lowest BCUT2D eigenvalue weighted by molar-refractivity contribution is 0.327. The fourth-order valence-corrected chi connectivity index (χ4v) is 4.81. The Kier molecular flexibility index (Phi) is 4.47. The molecule has 0 aromatic heterocycles. The lowest BCUT2D eigenvalue weighted by Gasteiger charge is -2.26. The zero-order valence-corrected chi connectivity index (χ0v) is 11.6. The molecule has 0 saturated heterocycles. The molecule has 2 saturated carbocycles. The highest BCUT2D eigenvalue weighted by Crippen LogP contribution is 2.27. The maximum Gasteiger partial charge on any atom is 0.151 e. The SMILES string of the molecule is CS(=O)(=O)C1CCCC1NCC1CCCCC1. The summed E-state index contributed by atoms with van der Waals surface area (Å²) < 4.78 is 23.3. The van der Waals surface area contributed by atoms with Gasteiger partial charge in [-0.2, -0.15) is 0 Å². The molecule has 0 aromatic carbocycles. The first-order chi connectivity index (χ1) is 8.07. The predicted octanol–water partition coefficient (Wildman–Crippen LogP) is 2.12. The molecule has 0 heterocycles. The molecule has 0 spiro atoms. The molecule has 0 aliphatic heterocycles. The Morgan fingerprint density at radius 2 is 1.71 bits per heavy atom. The van der Waals surface area contributed by atoms with Crippen molar-refractivity contribution in [3.63, 3.8) is 0 Å². The van der Waals surface area contributed by atoms with Crippen molar-refractivity contribution < 1.29 is 8.42 Å². The first kappa shape index (κ1) is 13.3. The fourth-order valence-electron chi connectivity index (χ4n) is 3.38. The van der Waals surface area contributed by atoms with Crippen molar-refractivity contribution >= 4 is 9.84 Å². The maximum atomic E-state index is 11.7. The third kappa shape index (κ3) is 3.68. The average Bonchev–Trinajstić information content (AvgIpc) is 2.75. The van der Waals surface area contributed by atoms with Crippen LogP contribution in [0.5, 0.6) is 0 Å². The topological polar surface area (TPSA) is 46.2 Å². The van der Waals surface area contributed by atoms with Gasteiger partial charge < -0.3 is 5.32 Å². The van der Waals surface area contributed by atoms with Crippen LogP contribution < -0.4 is 5.32 Å². The van der Waals surface area contributed by atoms with Gasteiger partial charge in [0.1, 0.15) is 0 Å². The molecule has 0 radical (unpaired) electrons. The average molecular weight is 259 g/mol. The molecule has 2 fully saturated rings. The number of sulfone groups is 1. The van der Waals surface area contributed by atoms with Crippen molar-refractivity contribution in [2.75, 3.05) is 12.8 Å². The van der Waals surface area contributed by atoms with Crippen molar-refractivity contribution in [3.05, 3.63) is 0 Å². The molecule has 1 N–H and O–H groups in total. The van der Waals surface area contributed by atoms with Gasteiger partial charge in [0.05, 0.1) is 5.25 Å². The van der Waals surface area contributed by atoms with E-state index in [2.05, 4.69) is 5.32 Å². The van der Waals surface area contributed by atoms with E-state index in [4.69, 9.17) is 0 Å². The Hall–Kier alpha value is -0.0900. The summed E-state index contributed by atoms with van der Waals surface area (Å²) in [6.07, 6.45) is 11.1. The second-order valence-electron chi connectivity index (χ2n) is 5.82. The summed E-state index contributed by atoms with van der Waals surface area (Å²) in [5.41, 5.74) is 0. The second-order valence-corrected chi connectivity index (χ2v) is 8.08. The van der Waals surface area contributed by atoms with E-state index in [1.807, 2.05) is 0 Å². The molecule has 2 aliphatic rings. The predicted molar refractivity (Wildman–Crippen MR) is 70.8 cm³/mol. The monoisotopic (exact) mass is 259 g/mol. The van der Waals surface area contributed by atoms with Crippen molar-refractivity contribution in [3.8, 4) is 0 Å². The quantitative estimate of drug-likeness (QED) is 0.841. The molecule has 3 nitrogen and oxygen atoms in total. The molecular formula is C13H25NO2S. The smallest absolute Gasteiger partial charge is 0.151 e. The molecule has 4 heteroatoms. The first-order valence-corrected chi connectivity index (χ1v) is 8.95. The largest absolute Gasteiger partial charge is 0.312 e. The highest BCUT2D eigenvalue weighted by molar-refractivity contribution is 7.91. The molecular weight excluding hydrogens is 234 g/mol. The van der Waals surface area contributed by atoms with E-state index in [-0.39, 0.29) is 11.3 Å². The van der Waals surface area contributed by atoms with Crippen LogP contribution in [0.4, 0.5) is 0 Å². The van der Waals surface area contributed by atoms with Gasteiger partial charge in [0.25, 0.3) is 0 Å². The Morgan fingerprint density at radius 1 is 1.00 bits per heavy atom. The number of nitrogens with one attached hydrogen (secondary N) is 1. The fraction of sp³-hybridized carbons (Fsp3) is 1.00. The minimum atomic E-state index is -2.87. The van der Waals surface area contributed by atoms with Gasteiger partial charge >= 0.3 is 0 Å². The summed E-state index contributed by atoms with van der Waals surface area (Å²) in [6, 6.07) is 0.215. The van der Waals surface area contributed by atoms with Crippen molar-refractivity contribution in [1.29, 1.82) is 0 Å². The minimum Gasteiger partial charge on any atom is -0.312 e. The normalized spacial score (nSPS) is 31.8. The standard InChI is InChI=1S/C13H25NO2S/c1-17(15,16)13-9-5-8-12(13)14-10-11-6-3-2-4-7-11/h11-14H,2-10H2,1H3. The van der Waals surface area contributed by atoms with Crippen LogP contribution in [0.1, 0.15) is 51.4 Å². The molecule has 17 heavy (non-hydrogen) atoms. The van der Waals surface area contributed by atoms with Crippen LogP contribution in [0.15, 0.2) is 0 Å². The van der Waals surface area contributed by atoms with Crippen LogP contribution in [-0.2, 0) is 9.84 Å². The van der Waals surface area contributed by atoms with Crippen LogP contribution in [-0.4, -0.2) is 32.5 Å². The van der Waals surface area contributed by atoms with Gasteiger partial charge in [-0.25, -0.2) is 8.42 Å². The molecule has 100 valence electrons. The third-order valence-corrected chi connectivity index (χ3v) is 6.06. The maximum absolute atomic E-state index is 11.7. The molecule has 2 atom stereocenters. The number of hydrogen-bond acceptors (Lipinski definition) is 3.